The second-order valence-corrected chi connectivity index (χ2v) is 28.0. The van der Waals surface area contributed by atoms with Crippen LogP contribution >= 0.6 is 0 Å². The second-order valence-electron chi connectivity index (χ2n) is 18.5. The highest BCUT2D eigenvalue weighted by molar-refractivity contribution is 6.74. The first kappa shape index (κ1) is 37.5. The molecule has 260 valence electrons. The summed E-state index contributed by atoms with van der Waals surface area (Å²) in [5.74, 6) is 0.913. The van der Waals surface area contributed by atoms with Crippen LogP contribution in [0.2, 0.25) is 36.3 Å². The molecule has 7 heteroatoms. The molecule has 5 rings (SSSR count). The van der Waals surface area contributed by atoms with Crippen LogP contribution in [0.5, 0.6) is 0 Å². The molecule has 5 atom stereocenters. The van der Waals surface area contributed by atoms with Crippen LogP contribution in [0.25, 0.3) is 0 Å². The summed E-state index contributed by atoms with van der Waals surface area (Å²) in [5.41, 5.74) is 1.67. The van der Waals surface area contributed by atoms with Crippen molar-refractivity contribution in [3.63, 3.8) is 0 Å². The van der Waals surface area contributed by atoms with Gasteiger partial charge >= 0.3 is 0 Å². The van der Waals surface area contributed by atoms with Crippen molar-refractivity contribution >= 4 is 16.6 Å². The molecule has 2 bridgehead atoms. The number of allylic oxidation sites excluding steroid dienone is 2. The van der Waals surface area contributed by atoms with Gasteiger partial charge in [0.15, 0.2) is 16.6 Å². The topological polar surface area (TPSA) is 46.2 Å². The van der Waals surface area contributed by atoms with Crippen molar-refractivity contribution in [1.82, 2.24) is 0 Å². The molecule has 5 aliphatic rings. The molecule has 5 unspecified atom stereocenters. The molecule has 0 N–H and O–H groups in total. The Bertz CT molecular complexity index is 1010. The van der Waals surface area contributed by atoms with Crippen LogP contribution in [0, 0.1) is 23.2 Å². The molecule has 45 heavy (non-hydrogen) atoms. The lowest BCUT2D eigenvalue weighted by molar-refractivity contribution is -0.467. The summed E-state index contributed by atoms with van der Waals surface area (Å²) in [4.78, 5) is 0. The molecule has 4 fully saturated rings. The van der Waals surface area contributed by atoms with E-state index in [1.165, 1.54) is 32.1 Å². The maximum absolute atomic E-state index is 7.22. The Labute approximate surface area is 279 Å². The number of hydrogen-bond donors (Lipinski definition) is 0. The maximum Gasteiger partial charge on any atom is 0.282 e. The van der Waals surface area contributed by atoms with E-state index in [9.17, 15) is 0 Å². The molecule has 0 spiro atoms. The summed E-state index contributed by atoms with van der Waals surface area (Å²) in [7, 11) is -3.77. The molecular weight excluding hydrogens is 593 g/mol. The molecule has 0 radical (unpaired) electrons. The van der Waals surface area contributed by atoms with Crippen molar-refractivity contribution in [1.29, 1.82) is 0 Å². The van der Waals surface area contributed by atoms with E-state index in [1.54, 1.807) is 5.57 Å². The highest BCUT2D eigenvalue weighted by atomic mass is 28.4. The standard InChI is InChI=1S/C38H70O5Si2/c1-13-14-15-19-31(42-44(9,10)35(2,3)4)20-21-32-33-24-29(23-30(33)25-34(32)43-45(11,12)36(5,6)7)18-16-17-22-38-39-26-37(8,27-40-38)28-41-38/h20-21,23,30-34H,13-19,22,24-28H2,1-12H3. The lowest BCUT2D eigenvalue weighted by atomic mass is 9.88. The molecule has 0 aromatic carbocycles. The summed E-state index contributed by atoms with van der Waals surface area (Å²) >= 11 is 0. The minimum atomic E-state index is -1.89. The van der Waals surface area contributed by atoms with Crippen molar-refractivity contribution in [2.75, 3.05) is 19.8 Å². The van der Waals surface area contributed by atoms with Crippen molar-refractivity contribution in [2.24, 2.45) is 23.2 Å². The first-order valence-corrected chi connectivity index (χ1v) is 24.3. The summed E-state index contributed by atoms with van der Waals surface area (Å²) in [5, 5.41) is 0.416. The highest BCUT2D eigenvalue weighted by Crippen LogP contribution is 2.52. The Morgan fingerprint density at radius 3 is 2.11 bits per heavy atom. The van der Waals surface area contributed by atoms with Gasteiger partial charge in [0.1, 0.15) is 0 Å². The van der Waals surface area contributed by atoms with Gasteiger partial charge in [-0.2, -0.15) is 0 Å². The van der Waals surface area contributed by atoms with E-state index in [1.807, 2.05) is 0 Å². The highest BCUT2D eigenvalue weighted by Gasteiger charge is 2.51. The predicted molar refractivity (Wildman–Crippen MR) is 192 cm³/mol. The van der Waals surface area contributed by atoms with Gasteiger partial charge in [-0.1, -0.05) is 98.5 Å². The van der Waals surface area contributed by atoms with Gasteiger partial charge < -0.3 is 23.1 Å². The molecule has 0 aromatic rings. The monoisotopic (exact) mass is 662 g/mol. The number of fused-ring (bicyclic) bond motifs is 4. The predicted octanol–water partition coefficient (Wildman–Crippen LogP) is 10.8. The third kappa shape index (κ3) is 9.24. The van der Waals surface area contributed by atoms with Crippen LogP contribution in [-0.4, -0.2) is 54.6 Å². The smallest absolute Gasteiger partial charge is 0.282 e. The zero-order valence-corrected chi connectivity index (χ0v) is 33.4. The number of ether oxygens (including phenoxy) is 3. The Morgan fingerprint density at radius 1 is 0.911 bits per heavy atom. The molecule has 0 amide bonds. The zero-order chi connectivity index (χ0) is 33.3. The SMILES string of the molecule is CCCCCC(C=CC1C(O[Si](C)(C)C(C)(C)C)CC2C=C(CCCCC34OCC(C)(CO3)CO4)CC21)O[Si](C)(C)C(C)(C)C. The number of hydrogen-bond acceptors (Lipinski definition) is 5. The Morgan fingerprint density at radius 2 is 1.53 bits per heavy atom. The first-order valence-electron chi connectivity index (χ1n) is 18.4. The summed E-state index contributed by atoms with van der Waals surface area (Å²) in [6, 6.07) is 0. The zero-order valence-electron chi connectivity index (χ0n) is 31.4. The van der Waals surface area contributed by atoms with Crippen molar-refractivity contribution < 1.29 is 23.1 Å². The fourth-order valence-corrected chi connectivity index (χ4v) is 9.73. The normalized spacial score (nSPS) is 33.2. The average molecular weight is 663 g/mol. The van der Waals surface area contributed by atoms with E-state index in [-0.39, 0.29) is 21.6 Å². The molecule has 0 aromatic heterocycles. The van der Waals surface area contributed by atoms with E-state index in [0.29, 0.717) is 23.9 Å². The lowest BCUT2D eigenvalue weighted by Gasteiger charge is -2.50. The second kappa shape index (κ2) is 14.3. The van der Waals surface area contributed by atoms with Gasteiger partial charge in [0.25, 0.3) is 5.97 Å². The average Bonchev–Trinajstić information content (AvgIpc) is 3.46. The minimum Gasteiger partial charge on any atom is -0.413 e. The van der Waals surface area contributed by atoms with Crippen LogP contribution < -0.4 is 0 Å². The van der Waals surface area contributed by atoms with Gasteiger partial charge in [-0.05, 0) is 86.6 Å². The Hall–Kier alpha value is -0.286. The van der Waals surface area contributed by atoms with E-state index >= 15 is 0 Å². The van der Waals surface area contributed by atoms with Gasteiger partial charge in [0, 0.05) is 17.8 Å². The molecule has 3 aliphatic heterocycles. The molecule has 3 heterocycles. The van der Waals surface area contributed by atoms with Crippen molar-refractivity contribution in [2.45, 2.75) is 174 Å². The molecule has 2 aliphatic carbocycles. The quantitative estimate of drug-likeness (QED) is 0.0992. The first-order chi connectivity index (χ1) is 20.8. The van der Waals surface area contributed by atoms with Gasteiger partial charge in [-0.3, -0.25) is 0 Å². The van der Waals surface area contributed by atoms with Gasteiger partial charge in [-0.25, -0.2) is 0 Å². The fourth-order valence-electron chi connectivity index (χ4n) is 7.06. The maximum atomic E-state index is 7.22. The molecule has 3 saturated heterocycles. The van der Waals surface area contributed by atoms with Crippen LogP contribution in [-0.2, 0) is 23.1 Å². The third-order valence-electron chi connectivity index (χ3n) is 12.2. The largest absolute Gasteiger partial charge is 0.413 e. The van der Waals surface area contributed by atoms with Crippen LogP contribution in [0.15, 0.2) is 23.8 Å². The fraction of sp³-hybridized carbons (Fsp3) is 0.895. The van der Waals surface area contributed by atoms with Gasteiger partial charge in [0.05, 0.1) is 32.0 Å². The van der Waals surface area contributed by atoms with Crippen molar-refractivity contribution in [3.05, 3.63) is 23.8 Å². The van der Waals surface area contributed by atoms with Crippen molar-refractivity contribution in [3.8, 4) is 0 Å². The van der Waals surface area contributed by atoms with E-state index in [4.69, 9.17) is 23.1 Å². The summed E-state index contributed by atoms with van der Waals surface area (Å²) < 4.78 is 32.4. The Balaban J connectivity index is 1.43. The lowest BCUT2D eigenvalue weighted by Crippen LogP contribution is -2.58. The van der Waals surface area contributed by atoms with E-state index < -0.39 is 22.6 Å². The third-order valence-corrected chi connectivity index (χ3v) is 21.2. The van der Waals surface area contributed by atoms with E-state index in [2.05, 4.69) is 99.8 Å². The summed E-state index contributed by atoms with van der Waals surface area (Å²) in [6.07, 6.45) is 19.6. The minimum absolute atomic E-state index is 0.0255. The van der Waals surface area contributed by atoms with E-state index in [0.717, 1.165) is 51.9 Å². The van der Waals surface area contributed by atoms with Gasteiger partial charge in [0.2, 0.25) is 0 Å². The molecule has 5 nitrogen and oxygen atoms in total. The number of rotatable bonds is 15. The molecule has 1 saturated carbocycles. The molecular formula is C38H70O5Si2. The van der Waals surface area contributed by atoms with Crippen LogP contribution in [0.1, 0.15) is 120 Å². The Kier molecular flexibility index (Phi) is 11.9. The van der Waals surface area contributed by atoms with Crippen LogP contribution in [0.3, 0.4) is 0 Å². The van der Waals surface area contributed by atoms with Gasteiger partial charge in [-0.15, -0.1) is 0 Å². The number of unbranched alkanes of at least 4 members (excludes halogenated alkanes) is 3. The van der Waals surface area contributed by atoms with Crippen LogP contribution in [0.4, 0.5) is 0 Å². The summed E-state index contributed by atoms with van der Waals surface area (Å²) in [6.45, 7) is 30.5.